The first kappa shape index (κ1) is 14.6. The van der Waals surface area contributed by atoms with Crippen LogP contribution in [0.25, 0.3) is 0 Å². The largest absolute Gasteiger partial charge is 0.573 e. The summed E-state index contributed by atoms with van der Waals surface area (Å²) in [6.45, 7) is 0. The molecule has 0 bridgehead atoms. The molecule has 0 radical (unpaired) electrons. The molecule has 1 heterocycles. The van der Waals surface area contributed by atoms with E-state index >= 15 is 0 Å². The van der Waals surface area contributed by atoms with Gasteiger partial charge in [-0.1, -0.05) is 15.9 Å². The minimum absolute atomic E-state index is 0.0294. The zero-order chi connectivity index (χ0) is 13.8. The molecule has 8 heteroatoms. The van der Waals surface area contributed by atoms with E-state index in [0.717, 1.165) is 6.20 Å². The lowest BCUT2D eigenvalue weighted by Gasteiger charge is -2.15. The maximum atomic E-state index is 12.2. The highest BCUT2D eigenvalue weighted by Crippen LogP contribution is 2.34. The smallest absolute Gasteiger partial charge is 0.494 e. The van der Waals surface area contributed by atoms with Crippen LogP contribution in [-0.4, -0.2) is 18.5 Å². The maximum absolute atomic E-state index is 12.2. The molecule has 0 fully saturated rings. The molecular formula is C10H8BrF3N2O2. The van der Waals surface area contributed by atoms with E-state index in [-0.39, 0.29) is 17.7 Å². The highest BCUT2D eigenvalue weighted by atomic mass is 79.9. The van der Waals surface area contributed by atoms with Gasteiger partial charge >= 0.3 is 6.36 Å². The number of nitrogens with zero attached hydrogens (tertiary/aromatic N) is 2. The van der Waals surface area contributed by atoms with Gasteiger partial charge < -0.3 is 9.47 Å². The first-order chi connectivity index (χ1) is 8.42. The Morgan fingerprint density at radius 3 is 2.61 bits per heavy atom. The summed E-state index contributed by atoms with van der Waals surface area (Å²) in [6.07, 6.45) is -4.18. The van der Waals surface area contributed by atoms with Crippen molar-refractivity contribution in [2.24, 2.45) is 0 Å². The molecule has 0 amide bonds. The Labute approximate surface area is 109 Å². The average Bonchev–Trinajstić information content (AvgIpc) is 2.29. The number of alkyl halides is 4. The molecule has 0 saturated heterocycles. The number of hydrogen-bond donors (Lipinski definition) is 0. The van der Waals surface area contributed by atoms with Gasteiger partial charge in [0.15, 0.2) is 5.75 Å². The number of hydrogen-bond acceptors (Lipinski definition) is 4. The third-order valence-corrected chi connectivity index (χ3v) is 2.51. The zero-order valence-electron chi connectivity index (χ0n) is 9.21. The maximum Gasteiger partial charge on any atom is 0.573 e. The number of aromatic nitrogens is 1. The SMILES string of the molecule is COc1c(CBr)ncc(OC(F)(F)F)c1CC#N. The van der Waals surface area contributed by atoms with Crippen molar-refractivity contribution in [2.45, 2.75) is 18.1 Å². The van der Waals surface area contributed by atoms with Crippen molar-refractivity contribution in [3.63, 3.8) is 0 Å². The van der Waals surface area contributed by atoms with E-state index in [2.05, 4.69) is 25.7 Å². The second kappa shape index (κ2) is 5.91. The van der Waals surface area contributed by atoms with Crippen LogP contribution in [0.1, 0.15) is 11.3 Å². The van der Waals surface area contributed by atoms with Crippen molar-refractivity contribution in [3.05, 3.63) is 17.5 Å². The first-order valence-electron chi connectivity index (χ1n) is 4.66. The number of methoxy groups -OCH3 is 1. The van der Waals surface area contributed by atoms with Crippen molar-refractivity contribution in [1.82, 2.24) is 4.98 Å². The van der Waals surface area contributed by atoms with Crippen LogP contribution >= 0.6 is 15.9 Å². The van der Waals surface area contributed by atoms with Gasteiger partial charge in [0.05, 0.1) is 37.1 Å². The molecule has 1 aromatic rings. The summed E-state index contributed by atoms with van der Waals surface area (Å²) in [6, 6.07) is 1.77. The van der Waals surface area contributed by atoms with Gasteiger partial charge in [-0.25, -0.2) is 0 Å². The van der Waals surface area contributed by atoms with E-state index < -0.39 is 12.1 Å². The third kappa shape index (κ3) is 3.50. The molecule has 0 aliphatic carbocycles. The number of nitriles is 1. The Kier molecular flexibility index (Phi) is 4.78. The Morgan fingerprint density at radius 2 is 2.17 bits per heavy atom. The van der Waals surface area contributed by atoms with E-state index in [1.54, 1.807) is 6.07 Å². The molecule has 0 saturated carbocycles. The van der Waals surface area contributed by atoms with Crippen LogP contribution in [0.4, 0.5) is 13.2 Å². The predicted molar refractivity (Wildman–Crippen MR) is 59.4 cm³/mol. The van der Waals surface area contributed by atoms with Gasteiger partial charge in [-0.05, 0) is 0 Å². The molecule has 1 rings (SSSR count). The number of pyridine rings is 1. The molecule has 0 aromatic carbocycles. The van der Waals surface area contributed by atoms with Crippen molar-refractivity contribution in [2.75, 3.05) is 7.11 Å². The third-order valence-electron chi connectivity index (χ3n) is 1.98. The van der Waals surface area contributed by atoms with Gasteiger partial charge in [0.2, 0.25) is 0 Å². The van der Waals surface area contributed by atoms with Crippen molar-refractivity contribution < 1.29 is 22.6 Å². The van der Waals surface area contributed by atoms with Crippen LogP contribution in [0.3, 0.4) is 0 Å². The molecule has 0 aliphatic rings. The second-order valence-corrected chi connectivity index (χ2v) is 3.66. The Bertz CT molecular complexity index is 471. The fourth-order valence-corrected chi connectivity index (χ4v) is 1.75. The molecule has 0 spiro atoms. The van der Waals surface area contributed by atoms with Gasteiger partial charge in [-0.2, -0.15) is 5.26 Å². The highest BCUT2D eigenvalue weighted by Gasteiger charge is 2.33. The monoisotopic (exact) mass is 324 g/mol. The minimum atomic E-state index is -4.84. The lowest BCUT2D eigenvalue weighted by molar-refractivity contribution is -0.275. The van der Waals surface area contributed by atoms with Gasteiger partial charge in [0.1, 0.15) is 5.75 Å². The number of halogens is 4. The van der Waals surface area contributed by atoms with Crippen LogP contribution in [0.2, 0.25) is 0 Å². The van der Waals surface area contributed by atoms with E-state index in [1.807, 2.05) is 0 Å². The van der Waals surface area contributed by atoms with Crippen molar-refractivity contribution in [3.8, 4) is 17.6 Å². The molecular weight excluding hydrogens is 317 g/mol. The van der Waals surface area contributed by atoms with Crippen molar-refractivity contribution in [1.29, 1.82) is 5.26 Å². The number of ether oxygens (including phenoxy) is 2. The van der Waals surface area contributed by atoms with Crippen LogP contribution in [-0.2, 0) is 11.8 Å². The van der Waals surface area contributed by atoms with E-state index in [0.29, 0.717) is 11.0 Å². The van der Waals surface area contributed by atoms with Crippen LogP contribution in [0.5, 0.6) is 11.5 Å². The standard InChI is InChI=1S/C10H8BrF3N2O2/c1-17-9-6(2-3-15)8(18-10(12,13)14)5-16-7(9)4-11/h5H,2,4H2,1H3. The molecule has 1 aromatic heterocycles. The molecule has 0 N–H and O–H groups in total. The van der Waals surface area contributed by atoms with E-state index in [4.69, 9.17) is 10.00 Å². The molecule has 98 valence electrons. The highest BCUT2D eigenvalue weighted by molar-refractivity contribution is 9.08. The van der Waals surface area contributed by atoms with Gasteiger partial charge in [-0.3, -0.25) is 4.98 Å². The minimum Gasteiger partial charge on any atom is -0.494 e. The summed E-state index contributed by atoms with van der Waals surface area (Å²) < 4.78 is 45.4. The normalized spacial score (nSPS) is 10.9. The Morgan fingerprint density at radius 1 is 1.50 bits per heavy atom. The summed E-state index contributed by atoms with van der Waals surface area (Å²) >= 11 is 3.13. The lowest BCUT2D eigenvalue weighted by atomic mass is 10.1. The Hall–Kier alpha value is -1.49. The molecule has 0 unspecified atom stereocenters. The topological polar surface area (TPSA) is 55.1 Å². The Balaban J connectivity index is 3.30. The quantitative estimate of drug-likeness (QED) is 0.799. The summed E-state index contributed by atoms with van der Waals surface area (Å²) in [5.74, 6) is -0.402. The molecule has 0 atom stereocenters. The van der Waals surface area contributed by atoms with E-state index in [1.165, 1.54) is 7.11 Å². The zero-order valence-corrected chi connectivity index (χ0v) is 10.8. The van der Waals surface area contributed by atoms with E-state index in [9.17, 15) is 13.2 Å². The van der Waals surface area contributed by atoms with Crippen LogP contribution in [0, 0.1) is 11.3 Å². The molecule has 4 nitrogen and oxygen atoms in total. The fourth-order valence-electron chi connectivity index (χ4n) is 1.35. The molecule has 18 heavy (non-hydrogen) atoms. The second-order valence-electron chi connectivity index (χ2n) is 3.10. The van der Waals surface area contributed by atoms with Crippen molar-refractivity contribution >= 4 is 15.9 Å². The van der Waals surface area contributed by atoms with Crippen LogP contribution in [0.15, 0.2) is 6.20 Å². The van der Waals surface area contributed by atoms with Gasteiger partial charge in [0.25, 0.3) is 0 Å². The van der Waals surface area contributed by atoms with Gasteiger partial charge in [-0.15, -0.1) is 13.2 Å². The van der Waals surface area contributed by atoms with Crippen LogP contribution < -0.4 is 9.47 Å². The van der Waals surface area contributed by atoms with Gasteiger partial charge in [0, 0.05) is 5.33 Å². The fraction of sp³-hybridized carbons (Fsp3) is 0.400. The lowest BCUT2D eigenvalue weighted by Crippen LogP contribution is -2.19. The average molecular weight is 325 g/mol. The summed E-state index contributed by atoms with van der Waals surface area (Å²) in [4.78, 5) is 3.79. The summed E-state index contributed by atoms with van der Waals surface area (Å²) in [5.41, 5.74) is 0.430. The number of rotatable bonds is 4. The first-order valence-corrected chi connectivity index (χ1v) is 5.78. The summed E-state index contributed by atoms with van der Waals surface area (Å²) in [5, 5.41) is 8.94. The summed E-state index contributed by atoms with van der Waals surface area (Å²) in [7, 11) is 1.29. The predicted octanol–water partition coefficient (Wildman–Crippen LogP) is 2.95. The molecule has 0 aliphatic heterocycles.